The number of phenols is 1. The lowest BCUT2D eigenvalue weighted by Gasteiger charge is -2.04. The number of pyridine rings is 1. The van der Waals surface area contributed by atoms with E-state index in [1.807, 2.05) is 6.07 Å². The van der Waals surface area contributed by atoms with Gasteiger partial charge in [0.25, 0.3) is 0 Å². The predicted molar refractivity (Wildman–Crippen MR) is 57.1 cm³/mol. The van der Waals surface area contributed by atoms with Crippen LogP contribution in [0.25, 0.3) is 0 Å². The first kappa shape index (κ1) is 9.99. The summed E-state index contributed by atoms with van der Waals surface area (Å²) in [6.45, 7) is 0. The molecule has 4 nitrogen and oxygen atoms in total. The summed E-state index contributed by atoms with van der Waals surface area (Å²) in [5.74, 6) is 1.18. The van der Waals surface area contributed by atoms with Gasteiger partial charge in [0, 0.05) is 6.07 Å². The molecule has 1 heterocycles. The minimum Gasteiger partial charge on any atom is -0.508 e. The summed E-state index contributed by atoms with van der Waals surface area (Å²) < 4.78 is 5.43. The molecule has 1 aromatic carbocycles. The van der Waals surface area contributed by atoms with Crippen LogP contribution in [-0.4, -0.2) is 10.1 Å². The summed E-state index contributed by atoms with van der Waals surface area (Å²) in [5.41, 5.74) is 0.336. The van der Waals surface area contributed by atoms with Crippen molar-refractivity contribution in [3.63, 3.8) is 0 Å². The minimum absolute atomic E-state index is 0.138. The fraction of sp³-hybridized carbons (Fsp3) is 0. The largest absolute Gasteiger partial charge is 0.508 e. The Morgan fingerprint density at radius 3 is 2.69 bits per heavy atom. The van der Waals surface area contributed by atoms with Gasteiger partial charge in [0.15, 0.2) is 0 Å². The average Bonchev–Trinajstić information content (AvgIpc) is 2.30. The maximum atomic E-state index is 9.23. The van der Waals surface area contributed by atoms with Crippen LogP contribution in [0, 0.1) is 11.3 Å². The lowest BCUT2D eigenvalue weighted by molar-refractivity contribution is 0.454. The standard InChI is InChI=1S/C12H8N2O2/c13-7-9-4-5-12(8-14-9)16-11-3-1-2-10(15)6-11/h1-6,8,15H. The normalized spacial score (nSPS) is 9.44. The van der Waals surface area contributed by atoms with Gasteiger partial charge in [-0.25, -0.2) is 4.98 Å². The molecule has 0 spiro atoms. The summed E-state index contributed by atoms with van der Waals surface area (Å²) >= 11 is 0. The van der Waals surface area contributed by atoms with E-state index in [0.29, 0.717) is 17.2 Å². The van der Waals surface area contributed by atoms with Gasteiger partial charge in [-0.05, 0) is 24.3 Å². The van der Waals surface area contributed by atoms with Gasteiger partial charge < -0.3 is 9.84 Å². The number of ether oxygens (including phenoxy) is 1. The van der Waals surface area contributed by atoms with E-state index in [0.717, 1.165) is 0 Å². The van der Waals surface area contributed by atoms with E-state index in [2.05, 4.69) is 4.98 Å². The molecule has 2 rings (SSSR count). The molecule has 0 amide bonds. The van der Waals surface area contributed by atoms with E-state index in [1.54, 1.807) is 30.3 Å². The van der Waals surface area contributed by atoms with Gasteiger partial charge in [-0.2, -0.15) is 5.26 Å². The molecule has 0 bridgehead atoms. The number of phenolic OH excluding ortho intramolecular Hbond substituents is 1. The van der Waals surface area contributed by atoms with Crippen LogP contribution < -0.4 is 4.74 Å². The number of aromatic hydroxyl groups is 1. The van der Waals surface area contributed by atoms with Crippen LogP contribution >= 0.6 is 0 Å². The van der Waals surface area contributed by atoms with Crippen LogP contribution in [0.4, 0.5) is 0 Å². The Morgan fingerprint density at radius 1 is 1.19 bits per heavy atom. The first-order chi connectivity index (χ1) is 7.78. The van der Waals surface area contributed by atoms with Gasteiger partial charge in [0.05, 0.1) is 6.20 Å². The molecule has 0 atom stereocenters. The molecule has 78 valence electrons. The van der Waals surface area contributed by atoms with Crippen LogP contribution in [0.1, 0.15) is 5.69 Å². The fourth-order valence-corrected chi connectivity index (χ4v) is 1.19. The van der Waals surface area contributed by atoms with Crippen LogP contribution in [-0.2, 0) is 0 Å². The van der Waals surface area contributed by atoms with E-state index in [9.17, 15) is 5.11 Å². The van der Waals surface area contributed by atoms with Crippen LogP contribution in [0.5, 0.6) is 17.2 Å². The summed E-state index contributed by atoms with van der Waals surface area (Å²) in [4.78, 5) is 3.87. The van der Waals surface area contributed by atoms with Crippen molar-refractivity contribution < 1.29 is 9.84 Å². The number of rotatable bonds is 2. The molecule has 2 aromatic rings. The zero-order valence-electron chi connectivity index (χ0n) is 8.29. The maximum absolute atomic E-state index is 9.23. The van der Waals surface area contributed by atoms with Crippen molar-refractivity contribution >= 4 is 0 Å². The molecule has 4 heteroatoms. The second-order valence-electron chi connectivity index (χ2n) is 3.09. The van der Waals surface area contributed by atoms with E-state index in [4.69, 9.17) is 10.00 Å². The fourth-order valence-electron chi connectivity index (χ4n) is 1.19. The third-order valence-electron chi connectivity index (χ3n) is 1.90. The van der Waals surface area contributed by atoms with Crippen molar-refractivity contribution in [1.29, 1.82) is 5.26 Å². The van der Waals surface area contributed by atoms with Crippen LogP contribution in [0.2, 0.25) is 0 Å². The summed E-state index contributed by atoms with van der Waals surface area (Å²) in [6, 6.07) is 11.6. The first-order valence-corrected chi connectivity index (χ1v) is 4.61. The third kappa shape index (κ3) is 2.28. The second-order valence-corrected chi connectivity index (χ2v) is 3.09. The Morgan fingerprint density at radius 2 is 2.06 bits per heavy atom. The molecule has 16 heavy (non-hydrogen) atoms. The number of aromatic nitrogens is 1. The van der Waals surface area contributed by atoms with E-state index in [1.165, 1.54) is 12.3 Å². The molecule has 0 radical (unpaired) electrons. The van der Waals surface area contributed by atoms with Crippen molar-refractivity contribution in [3.8, 4) is 23.3 Å². The van der Waals surface area contributed by atoms with Gasteiger partial charge in [0.1, 0.15) is 29.0 Å². The van der Waals surface area contributed by atoms with E-state index >= 15 is 0 Å². The molecule has 1 N–H and O–H groups in total. The first-order valence-electron chi connectivity index (χ1n) is 4.61. The predicted octanol–water partition coefficient (Wildman–Crippen LogP) is 2.45. The molecule has 0 aliphatic heterocycles. The number of hydrogen-bond donors (Lipinski definition) is 1. The van der Waals surface area contributed by atoms with E-state index in [-0.39, 0.29) is 5.75 Å². The number of hydrogen-bond acceptors (Lipinski definition) is 4. The third-order valence-corrected chi connectivity index (χ3v) is 1.90. The Hall–Kier alpha value is -2.54. The van der Waals surface area contributed by atoms with Gasteiger partial charge >= 0.3 is 0 Å². The number of nitriles is 1. The van der Waals surface area contributed by atoms with Crippen LogP contribution in [0.15, 0.2) is 42.6 Å². The van der Waals surface area contributed by atoms with Crippen LogP contribution in [0.3, 0.4) is 0 Å². The summed E-state index contributed by atoms with van der Waals surface area (Å²) in [6.07, 6.45) is 1.46. The van der Waals surface area contributed by atoms with E-state index < -0.39 is 0 Å². The molecule has 0 aliphatic rings. The average molecular weight is 212 g/mol. The lowest BCUT2D eigenvalue weighted by Crippen LogP contribution is -1.86. The molecule has 0 saturated heterocycles. The highest BCUT2D eigenvalue weighted by Crippen LogP contribution is 2.23. The Bertz CT molecular complexity index is 529. The topological polar surface area (TPSA) is 66.1 Å². The monoisotopic (exact) mass is 212 g/mol. The van der Waals surface area contributed by atoms with Gasteiger partial charge in [-0.3, -0.25) is 0 Å². The van der Waals surface area contributed by atoms with Gasteiger partial charge in [-0.15, -0.1) is 0 Å². The molecular weight excluding hydrogens is 204 g/mol. The SMILES string of the molecule is N#Cc1ccc(Oc2cccc(O)c2)cn1. The zero-order valence-corrected chi connectivity index (χ0v) is 8.29. The van der Waals surface area contributed by atoms with Crippen molar-refractivity contribution in [1.82, 2.24) is 4.98 Å². The molecule has 0 unspecified atom stereocenters. The van der Waals surface area contributed by atoms with Crippen molar-refractivity contribution in [2.45, 2.75) is 0 Å². The Labute approximate surface area is 92.4 Å². The molecular formula is C12H8N2O2. The quantitative estimate of drug-likeness (QED) is 0.830. The number of benzene rings is 1. The Kier molecular flexibility index (Phi) is 2.70. The minimum atomic E-state index is 0.138. The Balaban J connectivity index is 2.18. The molecule has 0 fully saturated rings. The molecule has 1 aromatic heterocycles. The van der Waals surface area contributed by atoms with Crippen molar-refractivity contribution in [2.75, 3.05) is 0 Å². The maximum Gasteiger partial charge on any atom is 0.145 e. The summed E-state index contributed by atoms with van der Waals surface area (Å²) in [5, 5.41) is 17.8. The smallest absolute Gasteiger partial charge is 0.145 e. The molecule has 0 aliphatic carbocycles. The molecule has 0 saturated carbocycles. The van der Waals surface area contributed by atoms with Gasteiger partial charge in [0.2, 0.25) is 0 Å². The zero-order chi connectivity index (χ0) is 11.4. The van der Waals surface area contributed by atoms with Crippen molar-refractivity contribution in [2.24, 2.45) is 0 Å². The van der Waals surface area contributed by atoms with Gasteiger partial charge in [-0.1, -0.05) is 6.07 Å². The van der Waals surface area contributed by atoms with Crippen molar-refractivity contribution in [3.05, 3.63) is 48.3 Å². The highest BCUT2D eigenvalue weighted by atomic mass is 16.5. The number of nitrogens with zero attached hydrogens (tertiary/aromatic N) is 2. The summed E-state index contributed by atoms with van der Waals surface area (Å²) in [7, 11) is 0. The lowest BCUT2D eigenvalue weighted by atomic mass is 10.3. The highest BCUT2D eigenvalue weighted by molar-refractivity contribution is 5.36. The second kappa shape index (κ2) is 4.32. The highest BCUT2D eigenvalue weighted by Gasteiger charge is 1.99.